The van der Waals surface area contributed by atoms with E-state index in [1.54, 1.807) is 6.07 Å². The molecule has 2 aromatic heterocycles. The third-order valence-electron chi connectivity index (χ3n) is 1.97. The van der Waals surface area contributed by atoms with Gasteiger partial charge in [-0.1, -0.05) is 0 Å². The van der Waals surface area contributed by atoms with Gasteiger partial charge in [0.05, 0.1) is 10.5 Å². The molecule has 0 radical (unpaired) electrons. The fraction of sp³-hybridized carbons (Fsp3) is 0.111. The SMILES string of the molecule is N#Cc1ncc(C(F)(F)F)cc1Sc1n[nH]c(N)n1. The Kier molecular flexibility index (Phi) is 3.30. The average Bonchev–Trinajstić information content (AvgIpc) is 2.73. The molecular formula is C9H5F3N6S. The maximum absolute atomic E-state index is 12.6. The summed E-state index contributed by atoms with van der Waals surface area (Å²) < 4.78 is 37.7. The molecule has 0 bridgehead atoms. The Morgan fingerprint density at radius 2 is 2.16 bits per heavy atom. The highest BCUT2D eigenvalue weighted by atomic mass is 32.2. The maximum atomic E-state index is 12.6. The van der Waals surface area contributed by atoms with Crippen molar-refractivity contribution in [2.24, 2.45) is 0 Å². The largest absolute Gasteiger partial charge is 0.417 e. The van der Waals surface area contributed by atoms with E-state index in [9.17, 15) is 13.2 Å². The summed E-state index contributed by atoms with van der Waals surface area (Å²) in [6.07, 6.45) is -3.93. The van der Waals surface area contributed by atoms with Crippen molar-refractivity contribution in [2.75, 3.05) is 5.73 Å². The van der Waals surface area contributed by atoms with Gasteiger partial charge in [0.15, 0.2) is 5.69 Å². The second-order valence-corrected chi connectivity index (χ2v) is 4.29. The van der Waals surface area contributed by atoms with Gasteiger partial charge in [0, 0.05) is 6.20 Å². The minimum Gasteiger partial charge on any atom is -0.368 e. The summed E-state index contributed by atoms with van der Waals surface area (Å²) in [5.41, 5.74) is 4.21. The smallest absolute Gasteiger partial charge is 0.368 e. The number of aromatic amines is 1. The van der Waals surface area contributed by atoms with E-state index in [1.165, 1.54) is 0 Å². The molecule has 2 heterocycles. The van der Waals surface area contributed by atoms with Crippen molar-refractivity contribution in [1.82, 2.24) is 20.2 Å². The van der Waals surface area contributed by atoms with Crippen LogP contribution in [-0.2, 0) is 6.18 Å². The van der Waals surface area contributed by atoms with Gasteiger partial charge >= 0.3 is 6.18 Å². The Morgan fingerprint density at radius 3 is 2.68 bits per heavy atom. The Hall–Kier alpha value is -2.28. The van der Waals surface area contributed by atoms with E-state index in [0.717, 1.165) is 17.8 Å². The Bertz CT molecular complexity index is 644. The lowest BCUT2D eigenvalue weighted by molar-refractivity contribution is -0.138. The first-order valence-electron chi connectivity index (χ1n) is 4.73. The van der Waals surface area contributed by atoms with Crippen LogP contribution in [0.4, 0.5) is 19.1 Å². The van der Waals surface area contributed by atoms with E-state index in [-0.39, 0.29) is 21.7 Å². The monoisotopic (exact) mass is 286 g/mol. The summed E-state index contributed by atoms with van der Waals surface area (Å²) in [6, 6.07) is 2.53. The van der Waals surface area contributed by atoms with Gasteiger partial charge in [-0.3, -0.25) is 0 Å². The molecular weight excluding hydrogens is 281 g/mol. The number of anilines is 1. The number of nitrogens with one attached hydrogen (secondary N) is 1. The number of alkyl halides is 3. The number of hydrogen-bond donors (Lipinski definition) is 2. The molecule has 0 aliphatic rings. The van der Waals surface area contributed by atoms with Crippen molar-refractivity contribution in [1.29, 1.82) is 5.26 Å². The van der Waals surface area contributed by atoms with E-state index >= 15 is 0 Å². The van der Waals surface area contributed by atoms with Gasteiger partial charge < -0.3 is 5.73 Å². The first-order valence-corrected chi connectivity index (χ1v) is 5.55. The summed E-state index contributed by atoms with van der Waals surface area (Å²) >= 11 is 0.771. The molecule has 10 heteroatoms. The van der Waals surface area contributed by atoms with Crippen LogP contribution in [0.2, 0.25) is 0 Å². The number of rotatable bonds is 2. The summed E-state index contributed by atoms with van der Waals surface area (Å²) in [5.74, 6) is 0.0287. The summed E-state index contributed by atoms with van der Waals surface area (Å²) in [6.45, 7) is 0. The highest BCUT2D eigenvalue weighted by Gasteiger charge is 2.32. The quantitative estimate of drug-likeness (QED) is 0.872. The average molecular weight is 286 g/mol. The number of hydrogen-bond acceptors (Lipinski definition) is 6. The van der Waals surface area contributed by atoms with Crippen LogP contribution in [0.1, 0.15) is 11.3 Å². The third-order valence-corrected chi connectivity index (χ3v) is 2.87. The lowest BCUT2D eigenvalue weighted by Crippen LogP contribution is -2.06. The zero-order chi connectivity index (χ0) is 14.0. The number of halogens is 3. The van der Waals surface area contributed by atoms with Crippen molar-refractivity contribution in [3.05, 3.63) is 23.5 Å². The molecule has 0 spiro atoms. The van der Waals surface area contributed by atoms with Gasteiger partial charge in [-0.15, -0.1) is 5.10 Å². The van der Waals surface area contributed by atoms with Crippen LogP contribution in [0, 0.1) is 11.3 Å². The number of nitrogens with two attached hydrogens (primary N) is 1. The highest BCUT2D eigenvalue weighted by molar-refractivity contribution is 7.99. The van der Waals surface area contributed by atoms with Crippen LogP contribution in [0.3, 0.4) is 0 Å². The van der Waals surface area contributed by atoms with Crippen LogP contribution in [0.5, 0.6) is 0 Å². The molecule has 3 N–H and O–H groups in total. The predicted molar refractivity (Wildman–Crippen MR) is 58.9 cm³/mol. The molecule has 6 nitrogen and oxygen atoms in total. The molecule has 19 heavy (non-hydrogen) atoms. The lowest BCUT2D eigenvalue weighted by Gasteiger charge is -2.07. The molecule has 0 fully saturated rings. The Labute approximate surface area is 108 Å². The number of nitrogen functional groups attached to an aromatic ring is 1. The zero-order valence-corrected chi connectivity index (χ0v) is 9.88. The Morgan fingerprint density at radius 1 is 1.42 bits per heavy atom. The lowest BCUT2D eigenvalue weighted by atomic mass is 10.2. The van der Waals surface area contributed by atoms with Gasteiger partial charge in [-0.2, -0.15) is 23.4 Å². The van der Waals surface area contributed by atoms with Gasteiger partial charge in [0.2, 0.25) is 11.1 Å². The molecule has 2 aromatic rings. The first-order chi connectivity index (χ1) is 8.90. The fourth-order valence-corrected chi connectivity index (χ4v) is 1.98. The van der Waals surface area contributed by atoms with E-state index in [4.69, 9.17) is 11.0 Å². The molecule has 0 aliphatic heterocycles. The second-order valence-electron chi connectivity index (χ2n) is 3.29. The summed E-state index contributed by atoms with van der Waals surface area (Å²) in [7, 11) is 0. The molecule has 98 valence electrons. The normalized spacial score (nSPS) is 11.3. The van der Waals surface area contributed by atoms with E-state index in [2.05, 4.69) is 20.2 Å². The minimum atomic E-state index is -4.53. The van der Waals surface area contributed by atoms with E-state index in [1.807, 2.05) is 0 Å². The molecule has 2 rings (SSSR count). The standard InChI is InChI=1S/C9H5F3N6S/c10-9(11,12)4-1-6(5(2-13)15-3-4)19-8-16-7(14)17-18-8/h1,3H,(H3,14,16,17,18). The number of pyridine rings is 1. The summed E-state index contributed by atoms with van der Waals surface area (Å²) in [4.78, 5) is 7.21. The molecule has 0 aromatic carbocycles. The predicted octanol–water partition coefficient (Wildman–Crippen LogP) is 1.82. The van der Waals surface area contributed by atoms with Gasteiger partial charge in [0.1, 0.15) is 6.07 Å². The van der Waals surface area contributed by atoms with Crippen molar-refractivity contribution in [2.45, 2.75) is 16.2 Å². The van der Waals surface area contributed by atoms with Gasteiger partial charge in [0.25, 0.3) is 0 Å². The second kappa shape index (κ2) is 4.77. The third kappa shape index (κ3) is 2.94. The summed E-state index contributed by atoms with van der Waals surface area (Å²) in [5, 5.41) is 14.9. The molecule has 0 atom stereocenters. The molecule has 0 aliphatic carbocycles. The van der Waals surface area contributed by atoms with Crippen molar-refractivity contribution in [3.8, 4) is 6.07 Å². The molecule has 0 unspecified atom stereocenters. The van der Waals surface area contributed by atoms with Crippen LogP contribution < -0.4 is 5.73 Å². The minimum absolute atomic E-state index is 0.0105. The highest BCUT2D eigenvalue weighted by Crippen LogP contribution is 2.34. The van der Waals surface area contributed by atoms with E-state index in [0.29, 0.717) is 6.20 Å². The first kappa shape index (κ1) is 13.2. The van der Waals surface area contributed by atoms with Crippen LogP contribution >= 0.6 is 11.8 Å². The van der Waals surface area contributed by atoms with Crippen LogP contribution in [0.15, 0.2) is 22.3 Å². The fourth-order valence-electron chi connectivity index (χ4n) is 1.16. The number of aromatic nitrogens is 4. The maximum Gasteiger partial charge on any atom is 0.417 e. The molecule has 0 amide bonds. The Balaban J connectivity index is 2.40. The number of nitrogens with zero attached hydrogens (tertiary/aromatic N) is 4. The zero-order valence-electron chi connectivity index (χ0n) is 9.06. The van der Waals surface area contributed by atoms with E-state index < -0.39 is 11.7 Å². The van der Waals surface area contributed by atoms with Crippen LogP contribution in [-0.4, -0.2) is 20.2 Å². The number of nitriles is 1. The van der Waals surface area contributed by atoms with Gasteiger partial charge in [-0.25, -0.2) is 10.1 Å². The van der Waals surface area contributed by atoms with Crippen LogP contribution in [0.25, 0.3) is 0 Å². The molecule has 0 saturated carbocycles. The topological polar surface area (TPSA) is 104 Å². The van der Waals surface area contributed by atoms with Crippen molar-refractivity contribution >= 4 is 17.7 Å². The van der Waals surface area contributed by atoms with Gasteiger partial charge in [-0.05, 0) is 17.8 Å². The van der Waals surface area contributed by atoms with Crippen molar-refractivity contribution in [3.63, 3.8) is 0 Å². The molecule has 0 saturated heterocycles. The van der Waals surface area contributed by atoms with Crippen molar-refractivity contribution < 1.29 is 13.2 Å². The number of H-pyrrole nitrogens is 1.